The SMILES string of the molecule is CC[C@H](C)[C@H](CC(C)=O)C(=O)N[C@@H](CCCN=C(N)N)C(=O)C[C@@H](CO)C(=O)N[C@@H](CC(C)C)C(=O)C[C@@H](CCCN=C(N)N)C(=O)N[C@@H](CC(N)=O)C(=O)C[C@H](C(=O)N[C@H](C(=O)C[C@@H](Cc1cnc[nH]1)C(N)=O)[C@@H](C)CC)[C@@H](C)CC. The number of aliphatic hydroxyl groups excluding tert-OH is 1. The molecule has 26 heteroatoms. The first-order valence-electron chi connectivity index (χ1n) is 28.6. The number of amides is 6. The van der Waals surface area contributed by atoms with E-state index in [-0.39, 0.29) is 94.0 Å². The van der Waals surface area contributed by atoms with Crippen molar-refractivity contribution in [3.63, 3.8) is 0 Å². The highest BCUT2D eigenvalue weighted by Gasteiger charge is 2.38. The van der Waals surface area contributed by atoms with Crippen molar-refractivity contribution in [2.24, 2.45) is 97.6 Å². The summed E-state index contributed by atoms with van der Waals surface area (Å²) in [6.45, 7) is 15.0. The molecule has 0 aliphatic rings. The van der Waals surface area contributed by atoms with Gasteiger partial charge in [-0.3, -0.25) is 57.9 Å². The van der Waals surface area contributed by atoms with Crippen LogP contribution < -0.4 is 55.7 Å². The maximum Gasteiger partial charge on any atom is 0.226 e. The molecule has 0 aliphatic carbocycles. The van der Waals surface area contributed by atoms with Crippen LogP contribution in [0, 0.1) is 53.3 Å². The normalized spacial score (nSPS) is 15.7. The number of aliphatic hydroxyl groups is 1. The average Bonchev–Trinajstić information content (AvgIpc) is 3.93. The van der Waals surface area contributed by atoms with Crippen molar-refractivity contribution in [1.82, 2.24) is 31.2 Å². The van der Waals surface area contributed by atoms with Crippen molar-refractivity contribution >= 4 is 76.3 Å². The summed E-state index contributed by atoms with van der Waals surface area (Å²) < 4.78 is 0. The monoisotopic (exact) mass is 1160 g/mol. The second-order valence-corrected chi connectivity index (χ2v) is 22.3. The van der Waals surface area contributed by atoms with Crippen LogP contribution in [-0.2, 0) is 59.2 Å². The lowest BCUT2D eigenvalue weighted by atomic mass is 9.83. The Morgan fingerprint density at radius 1 is 0.561 bits per heavy atom. The van der Waals surface area contributed by atoms with Crippen molar-refractivity contribution in [3.8, 4) is 0 Å². The molecule has 0 aliphatic heterocycles. The molecule has 18 N–H and O–H groups in total. The fraction of sp³-hybridized carbons (Fsp3) is 0.714. The van der Waals surface area contributed by atoms with Gasteiger partial charge in [-0.05, 0) is 62.7 Å². The highest BCUT2D eigenvalue weighted by molar-refractivity contribution is 5.99. The molecule has 462 valence electrons. The van der Waals surface area contributed by atoms with Crippen molar-refractivity contribution < 1.29 is 57.8 Å². The van der Waals surface area contributed by atoms with Crippen LogP contribution >= 0.6 is 0 Å². The molecule has 12 atom stereocenters. The number of nitrogens with zero attached hydrogens (tertiary/aromatic N) is 3. The number of guanidine groups is 2. The fourth-order valence-corrected chi connectivity index (χ4v) is 9.43. The van der Waals surface area contributed by atoms with E-state index in [0.717, 1.165) is 0 Å². The maximum absolute atomic E-state index is 14.4. The molecule has 82 heavy (non-hydrogen) atoms. The summed E-state index contributed by atoms with van der Waals surface area (Å²) in [5.74, 6) is -14.3. The van der Waals surface area contributed by atoms with E-state index in [1.165, 1.54) is 19.4 Å². The molecule has 0 bridgehead atoms. The number of aromatic nitrogens is 2. The molecule has 6 amide bonds. The zero-order valence-corrected chi connectivity index (χ0v) is 49.6. The number of nitrogens with one attached hydrogen (secondary N) is 5. The van der Waals surface area contributed by atoms with E-state index in [1.54, 1.807) is 34.6 Å². The Morgan fingerprint density at radius 2 is 1.04 bits per heavy atom. The van der Waals surface area contributed by atoms with E-state index in [2.05, 4.69) is 41.2 Å². The van der Waals surface area contributed by atoms with Gasteiger partial charge in [-0.2, -0.15) is 0 Å². The highest BCUT2D eigenvalue weighted by Crippen LogP contribution is 2.26. The lowest BCUT2D eigenvalue weighted by Gasteiger charge is -2.29. The quantitative estimate of drug-likeness (QED) is 0.0239. The van der Waals surface area contributed by atoms with Crippen LogP contribution in [0.4, 0.5) is 0 Å². The molecule has 0 fully saturated rings. The lowest BCUT2D eigenvalue weighted by molar-refractivity contribution is -0.138. The third kappa shape index (κ3) is 27.1. The number of aliphatic imine (C=N–C) groups is 2. The van der Waals surface area contributed by atoms with Crippen molar-refractivity contribution in [2.45, 2.75) is 183 Å². The minimum atomic E-state index is -1.57. The van der Waals surface area contributed by atoms with Crippen LogP contribution in [-0.4, -0.2) is 135 Å². The van der Waals surface area contributed by atoms with Crippen molar-refractivity contribution in [2.75, 3.05) is 19.7 Å². The van der Waals surface area contributed by atoms with Gasteiger partial charge in [-0.15, -0.1) is 0 Å². The molecule has 0 spiro atoms. The van der Waals surface area contributed by atoms with Crippen LogP contribution in [0.15, 0.2) is 22.5 Å². The second-order valence-electron chi connectivity index (χ2n) is 22.3. The van der Waals surface area contributed by atoms with Gasteiger partial charge in [-0.1, -0.05) is 74.7 Å². The Labute approximate surface area is 482 Å². The third-order valence-electron chi connectivity index (χ3n) is 15.0. The summed E-state index contributed by atoms with van der Waals surface area (Å²) in [5, 5.41) is 21.4. The van der Waals surface area contributed by atoms with Gasteiger partial charge in [0.1, 0.15) is 5.78 Å². The Balaban J connectivity index is 3.56. The van der Waals surface area contributed by atoms with E-state index in [1.807, 2.05) is 20.8 Å². The van der Waals surface area contributed by atoms with Gasteiger partial charge in [0.15, 0.2) is 35.1 Å². The summed E-state index contributed by atoms with van der Waals surface area (Å²) in [6, 6.07) is -5.07. The van der Waals surface area contributed by atoms with Crippen LogP contribution in [0.25, 0.3) is 0 Å². The van der Waals surface area contributed by atoms with Crippen LogP contribution in [0.5, 0.6) is 0 Å². The molecule has 0 unspecified atom stereocenters. The van der Waals surface area contributed by atoms with E-state index in [9.17, 15) is 57.8 Å². The number of Topliss-reactive ketones (excluding diaryl/α,β-unsaturated/α-hetero) is 5. The Morgan fingerprint density at radius 3 is 1.52 bits per heavy atom. The number of ketones is 5. The standard InChI is InChI=1S/C56H96N14O12/c1-10-31(6)39(20-34(9)72)53(81)67-41(16-14-18-65-56(61)62)44(73)24-37(28-71)52(80)68-42(19-30(4)5)45(74)22-35(15-13-17-64-55(59)60)51(79)69-43(26-48(57)77)46(75)25-40(32(7)11-2)54(82)70-49(33(8)12-3)47(76)23-36(50(58)78)21-38-27-63-29-66-38/h27,29-33,35-37,39-43,49,71H,10-26,28H2,1-9H3,(H2,57,77)(H2,58,78)(H,63,66)(H,67,81)(H,68,80)(H,69,79)(H,70,82)(H4,59,60,64)(H4,61,62,65)/t31-,32-,33-,35+,36+,37-,39-,40-,41-,42-,43-,49-/m0/s1. The largest absolute Gasteiger partial charge is 0.396 e. The Kier molecular flexibility index (Phi) is 33.6. The maximum atomic E-state index is 14.4. The molecule has 0 saturated carbocycles. The summed E-state index contributed by atoms with van der Waals surface area (Å²) in [4.78, 5) is 165. The summed E-state index contributed by atoms with van der Waals surface area (Å²) >= 11 is 0. The summed E-state index contributed by atoms with van der Waals surface area (Å²) in [6.07, 6.45) is 2.32. The predicted octanol–water partition coefficient (Wildman–Crippen LogP) is 0.433. The van der Waals surface area contributed by atoms with Crippen LogP contribution in [0.3, 0.4) is 0 Å². The first kappa shape index (κ1) is 72.9. The summed E-state index contributed by atoms with van der Waals surface area (Å²) in [7, 11) is 0. The number of H-pyrrole nitrogens is 1. The highest BCUT2D eigenvalue weighted by atomic mass is 16.3. The molecule has 0 radical (unpaired) electrons. The summed E-state index contributed by atoms with van der Waals surface area (Å²) in [5.41, 5.74) is 33.9. The predicted molar refractivity (Wildman–Crippen MR) is 309 cm³/mol. The zero-order valence-electron chi connectivity index (χ0n) is 49.6. The minimum absolute atomic E-state index is 0.0341. The lowest BCUT2D eigenvalue weighted by Crippen LogP contribution is -2.51. The molecule has 0 saturated heterocycles. The minimum Gasteiger partial charge on any atom is -0.396 e. The zero-order chi connectivity index (χ0) is 62.4. The number of primary amides is 2. The van der Waals surface area contributed by atoms with Gasteiger partial charge < -0.3 is 70.6 Å². The molecule has 0 aromatic carbocycles. The van der Waals surface area contributed by atoms with Crippen molar-refractivity contribution in [3.05, 3.63) is 18.2 Å². The Bertz CT molecular complexity index is 2340. The molecule has 1 rings (SSSR count). The smallest absolute Gasteiger partial charge is 0.226 e. The number of hydrogen-bond donors (Lipinski definition) is 12. The number of carbonyl (C=O) groups excluding carboxylic acids is 11. The van der Waals surface area contributed by atoms with Crippen molar-refractivity contribution in [1.29, 1.82) is 0 Å². The van der Waals surface area contributed by atoms with Gasteiger partial charge in [0.2, 0.25) is 35.4 Å². The topological polar surface area (TPSA) is 466 Å². The molecule has 1 aromatic heterocycles. The van der Waals surface area contributed by atoms with E-state index in [4.69, 9.17) is 34.4 Å². The first-order chi connectivity index (χ1) is 38.5. The number of rotatable bonds is 44. The van der Waals surface area contributed by atoms with Crippen LogP contribution in [0.2, 0.25) is 0 Å². The van der Waals surface area contributed by atoms with Gasteiger partial charge in [0.05, 0.1) is 55.4 Å². The fourth-order valence-electron chi connectivity index (χ4n) is 9.43. The molecular formula is C56H96N14O12. The number of aromatic amines is 1. The average molecular weight is 1160 g/mol. The second kappa shape index (κ2) is 37.8. The number of imidazole rings is 1. The van der Waals surface area contributed by atoms with E-state index in [0.29, 0.717) is 25.0 Å². The van der Waals surface area contributed by atoms with Gasteiger partial charge >= 0.3 is 0 Å². The molecule has 26 nitrogen and oxygen atoms in total. The van der Waals surface area contributed by atoms with Gasteiger partial charge in [-0.25, -0.2) is 4.98 Å². The first-order valence-corrected chi connectivity index (χ1v) is 28.6. The Hall–Kier alpha value is -7.12. The van der Waals surface area contributed by atoms with Crippen LogP contribution in [0.1, 0.15) is 158 Å². The molecule has 1 aromatic rings. The van der Waals surface area contributed by atoms with Gasteiger partial charge in [0, 0.05) is 81.3 Å². The molecule has 1 heterocycles. The number of nitrogens with two attached hydrogens (primary N) is 6. The number of carbonyl (C=O) groups is 11. The molecular weight excluding hydrogens is 1060 g/mol. The van der Waals surface area contributed by atoms with E-state index < -0.39 is 156 Å². The number of hydrogen-bond acceptors (Lipinski definition) is 15. The van der Waals surface area contributed by atoms with E-state index >= 15 is 0 Å². The van der Waals surface area contributed by atoms with Gasteiger partial charge in [0.25, 0.3) is 0 Å². The third-order valence-corrected chi connectivity index (χ3v) is 15.0.